The van der Waals surface area contributed by atoms with Crippen molar-refractivity contribution in [3.63, 3.8) is 0 Å². The maximum absolute atomic E-state index is 13.0. The third-order valence-corrected chi connectivity index (χ3v) is 6.37. The van der Waals surface area contributed by atoms with Crippen molar-refractivity contribution in [3.05, 3.63) is 83.0 Å². The number of aromatic nitrogens is 4. The average Bonchev–Trinajstić information content (AvgIpc) is 3.55. The molecule has 0 unspecified atom stereocenters. The molecule has 1 aliphatic heterocycles. The van der Waals surface area contributed by atoms with Crippen LogP contribution in [0.4, 0.5) is 0 Å². The molecule has 10 heteroatoms. The molecule has 1 amide bonds. The van der Waals surface area contributed by atoms with Gasteiger partial charge in [0.1, 0.15) is 5.75 Å². The lowest BCUT2D eigenvalue weighted by molar-refractivity contribution is 0.0615. The molecule has 0 spiro atoms. The van der Waals surface area contributed by atoms with Crippen LogP contribution in [0.3, 0.4) is 0 Å². The van der Waals surface area contributed by atoms with Gasteiger partial charge in [-0.2, -0.15) is 10.1 Å². The molecule has 9 nitrogen and oxygen atoms in total. The Bertz CT molecular complexity index is 1290. The summed E-state index contributed by atoms with van der Waals surface area (Å²) in [7, 11) is 1.63. The quantitative estimate of drug-likeness (QED) is 0.389. The van der Waals surface area contributed by atoms with Crippen molar-refractivity contribution in [2.24, 2.45) is 0 Å². The van der Waals surface area contributed by atoms with E-state index >= 15 is 0 Å². The molecular weight excluding hydrogens is 468 g/mol. The summed E-state index contributed by atoms with van der Waals surface area (Å²) in [6, 6.07) is 15.1. The number of rotatable bonds is 7. The van der Waals surface area contributed by atoms with Crippen molar-refractivity contribution in [3.8, 4) is 17.1 Å². The van der Waals surface area contributed by atoms with Gasteiger partial charge in [-0.3, -0.25) is 14.4 Å². The fraction of sp³-hybridized carbons (Fsp3) is 0.280. The molecule has 3 heterocycles. The van der Waals surface area contributed by atoms with Crippen LogP contribution in [-0.2, 0) is 13.1 Å². The van der Waals surface area contributed by atoms with Gasteiger partial charge in [-0.15, -0.1) is 0 Å². The van der Waals surface area contributed by atoms with Gasteiger partial charge in [0.2, 0.25) is 11.7 Å². The largest absolute Gasteiger partial charge is 0.497 e. The van der Waals surface area contributed by atoms with Crippen LogP contribution in [0.2, 0.25) is 5.02 Å². The van der Waals surface area contributed by atoms with Crippen LogP contribution in [0, 0.1) is 0 Å². The van der Waals surface area contributed by atoms with Crippen LogP contribution in [0.1, 0.15) is 21.8 Å². The standard InChI is InChI=1S/C25H25ClN6O3/c1-34-21-8-6-18(7-9-21)24-28-23(35-29-24)17-30-10-12-31(13-11-30)25(33)20-14-27-32(16-20)15-19-4-2-3-5-22(19)26/h2-9,14,16H,10-13,15,17H2,1H3. The Balaban J connectivity index is 1.14. The summed E-state index contributed by atoms with van der Waals surface area (Å²) in [5.74, 6) is 1.86. The number of nitrogens with zero attached hydrogens (tertiary/aromatic N) is 6. The summed E-state index contributed by atoms with van der Waals surface area (Å²) in [6.45, 7) is 3.74. The summed E-state index contributed by atoms with van der Waals surface area (Å²) in [5.41, 5.74) is 2.40. The molecule has 0 N–H and O–H groups in total. The minimum Gasteiger partial charge on any atom is -0.497 e. The molecule has 5 rings (SSSR count). The Morgan fingerprint density at radius 2 is 1.83 bits per heavy atom. The Morgan fingerprint density at radius 1 is 1.06 bits per heavy atom. The molecule has 2 aromatic heterocycles. The number of benzene rings is 2. The zero-order chi connectivity index (χ0) is 24.2. The molecule has 1 saturated heterocycles. The Labute approximate surface area is 207 Å². The van der Waals surface area contributed by atoms with Gasteiger partial charge < -0.3 is 14.2 Å². The van der Waals surface area contributed by atoms with Gasteiger partial charge in [-0.05, 0) is 35.9 Å². The molecule has 1 fully saturated rings. The van der Waals surface area contributed by atoms with Gasteiger partial charge in [0.15, 0.2) is 0 Å². The van der Waals surface area contributed by atoms with Gasteiger partial charge in [-0.25, -0.2) is 0 Å². The van der Waals surface area contributed by atoms with E-state index in [-0.39, 0.29) is 5.91 Å². The summed E-state index contributed by atoms with van der Waals surface area (Å²) in [5, 5.41) is 9.12. The number of halogens is 1. The molecular formula is C25H25ClN6O3. The molecule has 1 aliphatic rings. The Morgan fingerprint density at radius 3 is 2.57 bits per heavy atom. The zero-order valence-corrected chi connectivity index (χ0v) is 20.1. The minimum absolute atomic E-state index is 0.0189. The van der Waals surface area contributed by atoms with Gasteiger partial charge in [0.25, 0.3) is 5.91 Å². The maximum atomic E-state index is 13.0. The lowest BCUT2D eigenvalue weighted by atomic mass is 10.2. The van der Waals surface area contributed by atoms with Crippen molar-refractivity contribution in [2.45, 2.75) is 13.1 Å². The molecule has 4 aromatic rings. The van der Waals surface area contributed by atoms with Crippen molar-refractivity contribution < 1.29 is 14.1 Å². The van der Waals surface area contributed by atoms with Crippen molar-refractivity contribution in [1.29, 1.82) is 0 Å². The second-order valence-corrected chi connectivity index (χ2v) is 8.73. The fourth-order valence-corrected chi connectivity index (χ4v) is 4.22. The van der Waals surface area contributed by atoms with E-state index in [0.717, 1.165) is 30.0 Å². The summed E-state index contributed by atoms with van der Waals surface area (Å²) >= 11 is 6.24. The van der Waals surface area contributed by atoms with Gasteiger partial charge >= 0.3 is 0 Å². The second kappa shape index (κ2) is 10.3. The first-order chi connectivity index (χ1) is 17.1. The van der Waals surface area contributed by atoms with E-state index in [1.165, 1.54) is 0 Å². The highest BCUT2D eigenvalue weighted by atomic mass is 35.5. The van der Waals surface area contributed by atoms with Gasteiger partial charge in [0, 0.05) is 43.0 Å². The molecule has 0 saturated carbocycles. The van der Waals surface area contributed by atoms with E-state index in [4.69, 9.17) is 20.9 Å². The predicted octanol–water partition coefficient (Wildman–Crippen LogP) is 3.60. The van der Waals surface area contributed by atoms with Crippen LogP contribution in [-0.4, -0.2) is 68.9 Å². The highest BCUT2D eigenvalue weighted by molar-refractivity contribution is 6.31. The van der Waals surface area contributed by atoms with Crippen LogP contribution in [0.25, 0.3) is 11.4 Å². The first-order valence-corrected chi connectivity index (χ1v) is 11.7. The van der Waals surface area contributed by atoms with Crippen LogP contribution < -0.4 is 4.74 Å². The number of hydrogen-bond donors (Lipinski definition) is 0. The van der Waals surface area contributed by atoms with Crippen LogP contribution >= 0.6 is 11.6 Å². The number of carbonyl (C=O) groups excluding carboxylic acids is 1. The first kappa shape index (κ1) is 23.1. The SMILES string of the molecule is COc1ccc(-c2noc(CN3CCN(C(=O)c4cnn(Cc5ccccc5Cl)c4)CC3)n2)cc1. The summed E-state index contributed by atoms with van der Waals surface area (Å²) in [6.07, 6.45) is 3.39. The Kier molecular flexibility index (Phi) is 6.78. The number of piperazine rings is 1. The fourth-order valence-electron chi connectivity index (χ4n) is 4.02. The van der Waals surface area contributed by atoms with Crippen molar-refractivity contribution in [1.82, 2.24) is 29.7 Å². The van der Waals surface area contributed by atoms with Crippen molar-refractivity contribution >= 4 is 17.5 Å². The number of hydrogen-bond acceptors (Lipinski definition) is 7. The number of carbonyl (C=O) groups is 1. The highest BCUT2D eigenvalue weighted by Gasteiger charge is 2.24. The maximum Gasteiger partial charge on any atom is 0.257 e. The molecule has 0 bridgehead atoms. The van der Waals surface area contributed by atoms with Gasteiger partial charge in [-0.1, -0.05) is 35.0 Å². The zero-order valence-electron chi connectivity index (χ0n) is 19.3. The monoisotopic (exact) mass is 492 g/mol. The summed E-state index contributed by atoms with van der Waals surface area (Å²) in [4.78, 5) is 21.6. The van der Waals surface area contributed by atoms with E-state index in [0.29, 0.717) is 48.5 Å². The average molecular weight is 493 g/mol. The highest BCUT2D eigenvalue weighted by Crippen LogP contribution is 2.21. The molecule has 35 heavy (non-hydrogen) atoms. The van der Waals surface area contributed by atoms with E-state index in [9.17, 15) is 4.79 Å². The molecule has 0 radical (unpaired) electrons. The van der Waals surface area contributed by atoms with Crippen LogP contribution in [0.15, 0.2) is 65.4 Å². The van der Waals surface area contributed by atoms with E-state index in [1.54, 1.807) is 24.2 Å². The van der Waals surface area contributed by atoms with E-state index < -0.39 is 0 Å². The second-order valence-electron chi connectivity index (χ2n) is 8.33. The first-order valence-electron chi connectivity index (χ1n) is 11.3. The molecule has 180 valence electrons. The Hall–Kier alpha value is -3.69. The molecule has 0 aliphatic carbocycles. The van der Waals surface area contributed by atoms with E-state index in [2.05, 4.69) is 20.1 Å². The predicted molar refractivity (Wildman–Crippen MR) is 130 cm³/mol. The smallest absolute Gasteiger partial charge is 0.257 e. The normalized spacial score (nSPS) is 14.3. The molecule has 2 aromatic carbocycles. The van der Waals surface area contributed by atoms with Crippen molar-refractivity contribution in [2.75, 3.05) is 33.3 Å². The number of ether oxygens (including phenoxy) is 1. The van der Waals surface area contributed by atoms with Crippen LogP contribution in [0.5, 0.6) is 5.75 Å². The topological polar surface area (TPSA) is 89.5 Å². The third kappa shape index (κ3) is 5.36. The lowest BCUT2D eigenvalue weighted by Crippen LogP contribution is -2.48. The third-order valence-electron chi connectivity index (χ3n) is 6.01. The van der Waals surface area contributed by atoms with E-state index in [1.807, 2.05) is 53.4 Å². The molecule has 0 atom stereocenters. The lowest BCUT2D eigenvalue weighted by Gasteiger charge is -2.33. The number of amides is 1. The van der Waals surface area contributed by atoms with Gasteiger partial charge in [0.05, 0.1) is 32.0 Å². The summed E-state index contributed by atoms with van der Waals surface area (Å²) < 4.78 is 12.4. The minimum atomic E-state index is -0.0189. The number of methoxy groups -OCH3 is 1.